The molecule has 0 aliphatic carbocycles. The quantitative estimate of drug-likeness (QED) is 0.904. The fraction of sp³-hybridized carbons (Fsp3) is 0.500. The molecule has 21 heavy (non-hydrogen) atoms. The van der Waals surface area contributed by atoms with Gasteiger partial charge in [0.2, 0.25) is 0 Å². The molecule has 0 amide bonds. The fourth-order valence-electron chi connectivity index (χ4n) is 1.93. The minimum atomic E-state index is 0.0623. The topological polar surface area (TPSA) is 42.7 Å². The zero-order valence-corrected chi connectivity index (χ0v) is 14.9. The Morgan fingerprint density at radius 1 is 1.33 bits per heavy atom. The SMILES string of the molecule is CC(C)c1ccn(-c2ncc(Br)cc2CNC(C)(C)C)n1. The third kappa shape index (κ3) is 4.38. The van der Waals surface area contributed by atoms with E-state index in [4.69, 9.17) is 0 Å². The Morgan fingerprint density at radius 2 is 2.05 bits per heavy atom. The van der Waals surface area contributed by atoms with E-state index in [1.54, 1.807) is 0 Å². The highest BCUT2D eigenvalue weighted by Gasteiger charge is 2.14. The molecular weight excluding hydrogens is 328 g/mol. The van der Waals surface area contributed by atoms with Gasteiger partial charge in [0.25, 0.3) is 0 Å². The van der Waals surface area contributed by atoms with Gasteiger partial charge >= 0.3 is 0 Å². The lowest BCUT2D eigenvalue weighted by atomic mass is 10.1. The van der Waals surface area contributed by atoms with E-state index in [0.29, 0.717) is 5.92 Å². The summed E-state index contributed by atoms with van der Waals surface area (Å²) < 4.78 is 2.84. The molecule has 1 N–H and O–H groups in total. The summed E-state index contributed by atoms with van der Waals surface area (Å²) >= 11 is 3.50. The summed E-state index contributed by atoms with van der Waals surface area (Å²) in [6.45, 7) is 11.5. The highest BCUT2D eigenvalue weighted by atomic mass is 79.9. The van der Waals surface area contributed by atoms with Crippen molar-refractivity contribution in [2.75, 3.05) is 0 Å². The van der Waals surface area contributed by atoms with Crippen molar-refractivity contribution < 1.29 is 0 Å². The molecule has 0 spiro atoms. The van der Waals surface area contributed by atoms with Gasteiger partial charge in [-0.3, -0.25) is 0 Å². The highest BCUT2D eigenvalue weighted by molar-refractivity contribution is 9.10. The first-order valence-corrected chi connectivity index (χ1v) is 8.01. The maximum atomic E-state index is 4.63. The molecule has 0 aliphatic rings. The molecule has 0 atom stereocenters. The first-order chi connectivity index (χ1) is 9.76. The Hall–Kier alpha value is -1.20. The second-order valence-corrected chi connectivity index (χ2v) is 7.50. The Kier molecular flexibility index (Phi) is 4.84. The average molecular weight is 351 g/mol. The zero-order valence-electron chi connectivity index (χ0n) is 13.3. The highest BCUT2D eigenvalue weighted by Crippen LogP contribution is 2.19. The molecule has 0 saturated carbocycles. The predicted octanol–water partition coefficient (Wildman–Crippen LogP) is 4.04. The van der Waals surface area contributed by atoms with Crippen molar-refractivity contribution in [1.29, 1.82) is 0 Å². The summed E-state index contributed by atoms with van der Waals surface area (Å²) in [5, 5.41) is 8.13. The number of rotatable bonds is 4. The van der Waals surface area contributed by atoms with Gasteiger partial charge in [-0.15, -0.1) is 0 Å². The van der Waals surface area contributed by atoms with Gasteiger partial charge in [-0.1, -0.05) is 13.8 Å². The number of pyridine rings is 1. The molecule has 0 unspecified atom stereocenters. The number of aromatic nitrogens is 3. The van der Waals surface area contributed by atoms with Crippen LogP contribution in [-0.2, 0) is 6.54 Å². The number of nitrogens with one attached hydrogen (secondary N) is 1. The van der Waals surface area contributed by atoms with Crippen molar-refractivity contribution >= 4 is 15.9 Å². The predicted molar refractivity (Wildman–Crippen MR) is 89.7 cm³/mol. The molecule has 2 heterocycles. The van der Waals surface area contributed by atoms with Crippen LogP contribution in [0.4, 0.5) is 0 Å². The summed E-state index contributed by atoms with van der Waals surface area (Å²) in [5.41, 5.74) is 2.26. The van der Waals surface area contributed by atoms with E-state index in [-0.39, 0.29) is 5.54 Å². The summed E-state index contributed by atoms with van der Waals surface area (Å²) in [6, 6.07) is 4.15. The number of halogens is 1. The summed E-state index contributed by atoms with van der Waals surface area (Å²) in [6.07, 6.45) is 3.79. The van der Waals surface area contributed by atoms with Gasteiger partial charge in [0.15, 0.2) is 5.82 Å². The van der Waals surface area contributed by atoms with Crippen LogP contribution in [0.5, 0.6) is 0 Å². The van der Waals surface area contributed by atoms with Crippen molar-refractivity contribution in [1.82, 2.24) is 20.1 Å². The first-order valence-electron chi connectivity index (χ1n) is 7.21. The van der Waals surface area contributed by atoms with Crippen LogP contribution in [0.25, 0.3) is 5.82 Å². The Labute approximate surface area is 135 Å². The van der Waals surface area contributed by atoms with Gasteiger partial charge in [0.05, 0.1) is 5.69 Å². The van der Waals surface area contributed by atoms with Crippen molar-refractivity contribution in [3.63, 3.8) is 0 Å². The van der Waals surface area contributed by atoms with E-state index in [9.17, 15) is 0 Å². The molecule has 5 heteroatoms. The lowest BCUT2D eigenvalue weighted by molar-refractivity contribution is 0.423. The average Bonchev–Trinajstić information content (AvgIpc) is 2.85. The van der Waals surface area contributed by atoms with E-state index >= 15 is 0 Å². The van der Waals surface area contributed by atoms with Gasteiger partial charge in [-0.25, -0.2) is 9.67 Å². The van der Waals surface area contributed by atoms with Crippen LogP contribution in [0.2, 0.25) is 0 Å². The lowest BCUT2D eigenvalue weighted by Crippen LogP contribution is -2.35. The van der Waals surface area contributed by atoms with Gasteiger partial charge in [0.1, 0.15) is 0 Å². The second-order valence-electron chi connectivity index (χ2n) is 6.58. The Morgan fingerprint density at radius 3 is 2.62 bits per heavy atom. The van der Waals surface area contributed by atoms with Crippen LogP contribution in [0.3, 0.4) is 0 Å². The van der Waals surface area contributed by atoms with Crippen LogP contribution in [0.15, 0.2) is 29.0 Å². The minimum Gasteiger partial charge on any atom is -0.308 e. The largest absolute Gasteiger partial charge is 0.308 e. The van der Waals surface area contributed by atoms with Crippen LogP contribution >= 0.6 is 15.9 Å². The maximum absolute atomic E-state index is 4.63. The molecule has 2 aromatic heterocycles. The molecule has 0 bridgehead atoms. The number of hydrogen-bond donors (Lipinski definition) is 1. The van der Waals surface area contributed by atoms with Gasteiger partial charge in [-0.2, -0.15) is 5.10 Å². The molecule has 2 aromatic rings. The lowest BCUT2D eigenvalue weighted by Gasteiger charge is -2.21. The Balaban J connectivity index is 2.33. The van der Waals surface area contributed by atoms with E-state index in [0.717, 1.165) is 28.1 Å². The van der Waals surface area contributed by atoms with E-state index in [1.807, 2.05) is 17.1 Å². The van der Waals surface area contributed by atoms with Crippen LogP contribution in [0, 0.1) is 0 Å². The normalized spacial score (nSPS) is 12.1. The molecule has 0 aromatic carbocycles. The number of nitrogens with zero attached hydrogens (tertiary/aromatic N) is 3. The van der Waals surface area contributed by atoms with Gasteiger partial charge in [-0.05, 0) is 54.8 Å². The minimum absolute atomic E-state index is 0.0623. The van der Waals surface area contributed by atoms with Crippen molar-refractivity contribution in [3.8, 4) is 5.82 Å². The van der Waals surface area contributed by atoms with Crippen LogP contribution in [0.1, 0.15) is 51.8 Å². The Bertz CT molecular complexity index is 611. The smallest absolute Gasteiger partial charge is 0.157 e. The molecule has 0 fully saturated rings. The van der Waals surface area contributed by atoms with Gasteiger partial charge < -0.3 is 5.32 Å². The molecule has 0 radical (unpaired) electrons. The molecule has 0 saturated heterocycles. The van der Waals surface area contributed by atoms with Crippen molar-refractivity contribution in [2.24, 2.45) is 0 Å². The van der Waals surface area contributed by atoms with Crippen molar-refractivity contribution in [3.05, 3.63) is 40.3 Å². The third-order valence-corrected chi connectivity index (χ3v) is 3.57. The van der Waals surface area contributed by atoms with Crippen LogP contribution in [-0.4, -0.2) is 20.3 Å². The summed E-state index contributed by atoms with van der Waals surface area (Å²) in [5.74, 6) is 1.29. The fourth-order valence-corrected chi connectivity index (χ4v) is 2.31. The summed E-state index contributed by atoms with van der Waals surface area (Å²) in [4.78, 5) is 4.54. The molecule has 114 valence electrons. The van der Waals surface area contributed by atoms with E-state index in [2.05, 4.69) is 78.1 Å². The third-order valence-electron chi connectivity index (χ3n) is 3.14. The molecule has 0 aliphatic heterocycles. The second kappa shape index (κ2) is 6.28. The molecular formula is C16H23BrN4. The standard InChI is InChI=1S/C16H23BrN4/c1-11(2)14-6-7-21(20-14)15-12(8-13(17)10-18-15)9-19-16(3,4)5/h6-8,10-11,19H,9H2,1-5H3. The monoisotopic (exact) mass is 350 g/mol. The van der Waals surface area contributed by atoms with E-state index in [1.165, 1.54) is 0 Å². The van der Waals surface area contributed by atoms with Gasteiger partial charge in [0, 0.05) is 34.5 Å². The number of hydrogen-bond acceptors (Lipinski definition) is 3. The maximum Gasteiger partial charge on any atom is 0.157 e. The van der Waals surface area contributed by atoms with Crippen molar-refractivity contribution in [2.45, 2.75) is 52.6 Å². The first kappa shape index (κ1) is 16.2. The van der Waals surface area contributed by atoms with E-state index < -0.39 is 0 Å². The molecule has 4 nitrogen and oxygen atoms in total. The van der Waals surface area contributed by atoms with Crippen LogP contribution < -0.4 is 5.32 Å². The molecule has 2 rings (SSSR count). The summed E-state index contributed by atoms with van der Waals surface area (Å²) in [7, 11) is 0. The zero-order chi connectivity index (χ0) is 15.6.